The van der Waals surface area contributed by atoms with Gasteiger partial charge in [0, 0.05) is 12.1 Å². The third kappa shape index (κ3) is 4.20. The fraction of sp³-hybridized carbons (Fsp3) is 0.350. The van der Waals surface area contributed by atoms with Crippen molar-refractivity contribution in [3.8, 4) is 11.6 Å². The lowest BCUT2D eigenvalue weighted by atomic mass is 10.1. The summed E-state index contributed by atoms with van der Waals surface area (Å²) in [5, 5.41) is 12.0. The second kappa shape index (κ2) is 7.67. The normalized spacial score (nSPS) is 11.7. The Kier molecular flexibility index (Phi) is 5.47. The van der Waals surface area contributed by atoms with Crippen LogP contribution in [0, 0.1) is 6.92 Å². The number of halogens is 1. The van der Waals surface area contributed by atoms with E-state index in [4.69, 9.17) is 16.3 Å². The average molecular weight is 402 g/mol. The summed E-state index contributed by atoms with van der Waals surface area (Å²) in [5.41, 5.74) is 0.477. The van der Waals surface area contributed by atoms with Gasteiger partial charge in [0.2, 0.25) is 0 Å². The molecule has 7 nitrogen and oxygen atoms in total. The van der Waals surface area contributed by atoms with Crippen LogP contribution in [-0.2, 0) is 4.79 Å². The molecule has 0 unspecified atom stereocenters. The smallest absolute Gasteiger partial charge is 0.269 e. The van der Waals surface area contributed by atoms with E-state index in [9.17, 15) is 4.79 Å². The first-order valence-electron chi connectivity index (χ1n) is 9.04. The summed E-state index contributed by atoms with van der Waals surface area (Å²) in [6, 6.07) is 11.5. The minimum absolute atomic E-state index is 0.115. The number of ether oxygens (including phenoxy) is 1. The largest absolute Gasteiger partial charge is 0.459 e. The molecule has 28 heavy (non-hydrogen) atoms. The van der Waals surface area contributed by atoms with Crippen molar-refractivity contribution in [2.24, 2.45) is 0 Å². The number of nitrogens with one attached hydrogen (secondary N) is 1. The van der Waals surface area contributed by atoms with Crippen molar-refractivity contribution < 1.29 is 9.53 Å². The number of amides is 1. The fourth-order valence-corrected chi connectivity index (χ4v) is 2.85. The maximum Gasteiger partial charge on any atom is 0.269 e. The minimum Gasteiger partial charge on any atom is -0.459 e. The van der Waals surface area contributed by atoms with Gasteiger partial charge in [-0.3, -0.25) is 4.79 Å². The molecule has 148 valence electrons. The molecule has 0 spiro atoms. The van der Waals surface area contributed by atoms with Crippen LogP contribution in [0.3, 0.4) is 0 Å². The van der Waals surface area contributed by atoms with Crippen LogP contribution in [0.5, 0.6) is 5.88 Å². The Morgan fingerprint density at radius 3 is 2.54 bits per heavy atom. The summed E-state index contributed by atoms with van der Waals surface area (Å²) < 4.78 is 9.25. The number of anilines is 1. The number of carbonyl (C=O) groups is 1. The lowest BCUT2D eigenvalue weighted by Crippen LogP contribution is -2.43. The molecule has 0 fully saturated rings. The maximum absolute atomic E-state index is 12.9. The van der Waals surface area contributed by atoms with Crippen LogP contribution >= 0.6 is 11.6 Å². The van der Waals surface area contributed by atoms with Crippen molar-refractivity contribution in [1.82, 2.24) is 19.6 Å². The van der Waals surface area contributed by atoms with Gasteiger partial charge in [-0.15, -0.1) is 5.10 Å². The molecule has 3 rings (SSSR count). The van der Waals surface area contributed by atoms with Gasteiger partial charge in [0.1, 0.15) is 10.8 Å². The second-order valence-corrected chi connectivity index (χ2v) is 7.75. The summed E-state index contributed by atoms with van der Waals surface area (Å²) in [4.78, 5) is 12.9. The zero-order valence-electron chi connectivity index (χ0n) is 16.6. The van der Waals surface area contributed by atoms with E-state index < -0.39 is 5.60 Å². The second-order valence-electron chi connectivity index (χ2n) is 7.34. The van der Waals surface area contributed by atoms with E-state index >= 15 is 0 Å². The van der Waals surface area contributed by atoms with E-state index in [1.54, 1.807) is 29.4 Å². The molecule has 2 heterocycles. The highest BCUT2D eigenvalue weighted by Crippen LogP contribution is 2.28. The first-order valence-corrected chi connectivity index (χ1v) is 9.42. The number of nitrogens with zero attached hydrogens (tertiary/aromatic N) is 4. The number of benzene rings is 1. The average Bonchev–Trinajstić information content (AvgIpc) is 3.18. The Hall–Kier alpha value is -2.80. The maximum atomic E-state index is 12.9. The van der Waals surface area contributed by atoms with Gasteiger partial charge in [-0.05, 0) is 46.8 Å². The highest BCUT2D eigenvalue weighted by molar-refractivity contribution is 6.31. The van der Waals surface area contributed by atoms with Crippen molar-refractivity contribution in [3.63, 3.8) is 0 Å². The molecule has 8 heteroatoms. The number of aryl methyl sites for hydroxylation is 1. The van der Waals surface area contributed by atoms with Gasteiger partial charge in [-0.2, -0.15) is 5.10 Å². The first kappa shape index (κ1) is 19.9. The SMILES string of the molecule is Cc1cc(NC(=O)C(C)(C)Oc2nn(-c3ccccc3)cc2Cl)n(C(C)C)n1. The Morgan fingerprint density at radius 2 is 1.89 bits per heavy atom. The molecule has 1 aromatic carbocycles. The molecular weight excluding hydrogens is 378 g/mol. The molecule has 0 aliphatic rings. The Labute approximate surface area is 169 Å². The minimum atomic E-state index is -1.19. The van der Waals surface area contributed by atoms with E-state index in [1.807, 2.05) is 57.2 Å². The summed E-state index contributed by atoms with van der Waals surface area (Å²) in [6.45, 7) is 9.22. The lowest BCUT2D eigenvalue weighted by Gasteiger charge is -2.24. The van der Waals surface area contributed by atoms with Crippen molar-refractivity contribution in [3.05, 3.63) is 53.3 Å². The van der Waals surface area contributed by atoms with Crippen molar-refractivity contribution in [1.29, 1.82) is 0 Å². The standard InChI is InChI=1S/C20H24ClN5O2/c1-13(2)26-17(11-14(3)23-26)22-19(27)20(4,5)28-18-16(21)12-25(24-18)15-9-7-6-8-10-15/h6-13H,1-5H3,(H,22,27). The third-order valence-corrected chi connectivity index (χ3v) is 4.41. The van der Waals surface area contributed by atoms with E-state index in [0.29, 0.717) is 10.8 Å². The first-order chi connectivity index (χ1) is 13.2. The molecule has 0 aliphatic carbocycles. The van der Waals surface area contributed by atoms with Gasteiger partial charge in [-0.1, -0.05) is 29.8 Å². The summed E-state index contributed by atoms with van der Waals surface area (Å²) in [7, 11) is 0. The molecule has 1 amide bonds. The summed E-state index contributed by atoms with van der Waals surface area (Å²) in [6.07, 6.45) is 1.65. The number of hydrogen-bond acceptors (Lipinski definition) is 4. The molecule has 0 saturated carbocycles. The molecule has 2 aromatic heterocycles. The molecular formula is C20H24ClN5O2. The zero-order chi connectivity index (χ0) is 20.5. The number of hydrogen-bond donors (Lipinski definition) is 1. The van der Waals surface area contributed by atoms with Crippen LogP contribution in [0.2, 0.25) is 5.02 Å². The van der Waals surface area contributed by atoms with Crippen molar-refractivity contribution in [2.75, 3.05) is 5.32 Å². The van der Waals surface area contributed by atoms with Crippen LogP contribution in [0.1, 0.15) is 39.4 Å². The van der Waals surface area contributed by atoms with E-state index in [1.165, 1.54) is 0 Å². The van der Waals surface area contributed by atoms with Gasteiger partial charge < -0.3 is 10.1 Å². The molecule has 0 saturated heterocycles. The Balaban J connectivity index is 1.78. The number of aromatic nitrogens is 4. The predicted octanol–water partition coefficient (Wildman–Crippen LogP) is 4.41. The Bertz CT molecular complexity index is 976. The quantitative estimate of drug-likeness (QED) is 0.664. The van der Waals surface area contributed by atoms with E-state index in [-0.39, 0.29) is 17.8 Å². The molecule has 1 N–H and O–H groups in total. The monoisotopic (exact) mass is 401 g/mol. The fourth-order valence-electron chi connectivity index (χ4n) is 2.68. The van der Waals surface area contributed by atoms with Crippen LogP contribution < -0.4 is 10.1 Å². The van der Waals surface area contributed by atoms with E-state index in [0.717, 1.165) is 11.4 Å². The molecule has 0 bridgehead atoms. The zero-order valence-corrected chi connectivity index (χ0v) is 17.4. The topological polar surface area (TPSA) is 74.0 Å². The van der Waals surface area contributed by atoms with E-state index in [2.05, 4.69) is 15.5 Å². The van der Waals surface area contributed by atoms with Crippen molar-refractivity contribution >= 4 is 23.3 Å². The molecule has 0 aliphatic heterocycles. The van der Waals surface area contributed by atoms with Crippen LogP contribution in [0.4, 0.5) is 5.82 Å². The van der Waals surface area contributed by atoms with Gasteiger partial charge in [0.25, 0.3) is 11.8 Å². The number of para-hydroxylation sites is 1. The van der Waals surface area contributed by atoms with Gasteiger partial charge in [0.05, 0.1) is 17.6 Å². The summed E-state index contributed by atoms with van der Waals surface area (Å²) in [5.74, 6) is 0.494. The van der Waals surface area contributed by atoms with Crippen molar-refractivity contribution in [2.45, 2.75) is 46.3 Å². The van der Waals surface area contributed by atoms with Crippen LogP contribution in [0.15, 0.2) is 42.6 Å². The van der Waals surface area contributed by atoms with Crippen LogP contribution in [0.25, 0.3) is 5.69 Å². The van der Waals surface area contributed by atoms with Gasteiger partial charge in [-0.25, -0.2) is 9.36 Å². The van der Waals surface area contributed by atoms with Gasteiger partial charge in [0.15, 0.2) is 5.60 Å². The lowest BCUT2D eigenvalue weighted by molar-refractivity contribution is -0.128. The number of carbonyl (C=O) groups excluding carboxylic acids is 1. The predicted molar refractivity (Wildman–Crippen MR) is 109 cm³/mol. The molecule has 0 atom stereocenters. The molecule has 3 aromatic rings. The number of rotatable bonds is 6. The summed E-state index contributed by atoms with van der Waals surface area (Å²) >= 11 is 6.28. The Morgan fingerprint density at radius 1 is 1.21 bits per heavy atom. The van der Waals surface area contributed by atoms with Gasteiger partial charge >= 0.3 is 0 Å². The highest BCUT2D eigenvalue weighted by atomic mass is 35.5. The third-order valence-electron chi connectivity index (χ3n) is 4.15. The highest BCUT2D eigenvalue weighted by Gasteiger charge is 2.33. The van der Waals surface area contributed by atoms with Crippen LogP contribution in [-0.4, -0.2) is 31.1 Å². The molecule has 0 radical (unpaired) electrons.